The molecule has 0 amide bonds. The summed E-state index contributed by atoms with van der Waals surface area (Å²) in [5.74, 6) is 0. The van der Waals surface area contributed by atoms with Crippen molar-refractivity contribution in [3.05, 3.63) is 35.9 Å². The molecule has 62 valence electrons. The summed E-state index contributed by atoms with van der Waals surface area (Å²) in [6.07, 6.45) is 0.973. The van der Waals surface area contributed by atoms with Gasteiger partial charge in [-0.3, -0.25) is 0 Å². The summed E-state index contributed by atoms with van der Waals surface area (Å²) in [5.41, 5.74) is 6.94. The van der Waals surface area contributed by atoms with Crippen molar-refractivity contribution in [3.63, 3.8) is 0 Å². The van der Waals surface area contributed by atoms with Gasteiger partial charge in [0, 0.05) is 6.04 Å². The Bertz CT molecular complexity index is 189. The van der Waals surface area contributed by atoms with Crippen LogP contribution in [-0.2, 0) is 6.42 Å². The molecule has 0 spiro atoms. The molecule has 1 atom stereocenters. The maximum atomic E-state index is 5.62. The minimum Gasteiger partial charge on any atom is -1.00 e. The van der Waals surface area contributed by atoms with Crippen LogP contribution in [0.4, 0.5) is 0 Å². The molecule has 0 aliphatic heterocycles. The summed E-state index contributed by atoms with van der Waals surface area (Å²) < 4.78 is 0. The summed E-state index contributed by atoms with van der Waals surface area (Å²) in [6, 6.07) is 10.6. The van der Waals surface area contributed by atoms with Crippen LogP contribution in [0.25, 0.3) is 0 Å². The van der Waals surface area contributed by atoms with Crippen molar-refractivity contribution < 1.29 is 18.4 Å². The Kier molecular flexibility index (Phi) is 5.16. The number of nitrogens with two attached hydrogens (primary N) is 1. The molecule has 0 aromatic heterocycles. The Balaban J connectivity index is 0. The quantitative estimate of drug-likeness (QED) is 0.653. The maximum absolute atomic E-state index is 5.62. The van der Waals surface area contributed by atoms with Gasteiger partial charge >= 0.3 is 1.43 Å². The van der Waals surface area contributed by atoms with E-state index >= 15 is 0 Å². The molecule has 2 N–H and O–H groups in total. The molecule has 1 rings (SSSR count). The fourth-order valence-corrected chi connectivity index (χ4v) is 0.986. The summed E-state index contributed by atoms with van der Waals surface area (Å²) in [6.45, 7) is 2.02. The lowest BCUT2D eigenvalue weighted by atomic mass is 10.1. The second-order valence-corrected chi connectivity index (χ2v) is 2.67. The predicted molar refractivity (Wildman–Crippen MR) is 44.9 cm³/mol. The molecule has 0 saturated carbocycles. The molecule has 0 aliphatic rings. The molecule has 1 aromatic carbocycles. The molecule has 0 fully saturated rings. The van der Waals surface area contributed by atoms with Gasteiger partial charge in [0.05, 0.1) is 0 Å². The zero-order valence-electron chi connectivity index (χ0n) is 7.63. The first kappa shape index (κ1) is 10.7. The number of benzene rings is 1. The summed E-state index contributed by atoms with van der Waals surface area (Å²) >= 11 is 0. The van der Waals surface area contributed by atoms with E-state index in [0.717, 1.165) is 6.42 Å². The van der Waals surface area contributed by atoms with Crippen LogP contribution < -0.4 is 22.7 Å². The van der Waals surface area contributed by atoms with Gasteiger partial charge in [0.2, 0.25) is 0 Å². The SMILES string of the molecule is CC(N)Cc1ccccc1.[Br-].[H+]. The Morgan fingerprint density at radius 2 is 1.91 bits per heavy atom. The van der Waals surface area contributed by atoms with Gasteiger partial charge in [-0.2, -0.15) is 0 Å². The number of hydrogen-bond donors (Lipinski definition) is 1. The Hall–Kier alpha value is -0.340. The molecule has 1 nitrogen and oxygen atoms in total. The number of halogens is 1. The van der Waals surface area contributed by atoms with E-state index in [1.54, 1.807) is 0 Å². The van der Waals surface area contributed by atoms with E-state index in [0.29, 0.717) is 0 Å². The van der Waals surface area contributed by atoms with Crippen LogP contribution in [-0.4, -0.2) is 6.04 Å². The summed E-state index contributed by atoms with van der Waals surface area (Å²) in [7, 11) is 0. The average molecular weight is 216 g/mol. The smallest absolute Gasteiger partial charge is 1.00 e. The van der Waals surface area contributed by atoms with Crippen molar-refractivity contribution in [3.8, 4) is 0 Å². The Labute approximate surface area is 79.9 Å². The lowest BCUT2D eigenvalue weighted by Crippen LogP contribution is -3.00. The lowest BCUT2D eigenvalue weighted by Gasteiger charge is -2.02. The largest absolute Gasteiger partial charge is 1.00 e. The van der Waals surface area contributed by atoms with E-state index in [1.165, 1.54) is 5.56 Å². The highest BCUT2D eigenvalue weighted by Crippen LogP contribution is 2.00. The van der Waals surface area contributed by atoms with E-state index in [2.05, 4.69) is 12.1 Å². The van der Waals surface area contributed by atoms with Crippen LogP contribution in [0, 0.1) is 0 Å². The van der Waals surface area contributed by atoms with Crippen molar-refractivity contribution in [2.45, 2.75) is 19.4 Å². The summed E-state index contributed by atoms with van der Waals surface area (Å²) in [5, 5.41) is 0. The Morgan fingerprint density at radius 3 is 2.36 bits per heavy atom. The van der Waals surface area contributed by atoms with Crippen LogP contribution in [0.5, 0.6) is 0 Å². The molecular weight excluding hydrogens is 202 g/mol. The maximum Gasteiger partial charge on any atom is 1.00 e. The highest BCUT2D eigenvalue weighted by atomic mass is 79.9. The minimum absolute atomic E-state index is 0. The zero-order valence-corrected chi connectivity index (χ0v) is 8.21. The molecule has 0 saturated heterocycles. The topological polar surface area (TPSA) is 26.0 Å². The number of hydrogen-bond acceptors (Lipinski definition) is 1. The van der Waals surface area contributed by atoms with E-state index in [1.807, 2.05) is 25.1 Å². The Morgan fingerprint density at radius 1 is 1.36 bits per heavy atom. The molecule has 1 unspecified atom stereocenters. The molecule has 2 heteroatoms. The highest BCUT2D eigenvalue weighted by molar-refractivity contribution is 5.15. The first-order valence-electron chi connectivity index (χ1n) is 3.58. The highest BCUT2D eigenvalue weighted by Gasteiger charge is 1.94. The van der Waals surface area contributed by atoms with E-state index in [4.69, 9.17) is 5.73 Å². The van der Waals surface area contributed by atoms with Gasteiger partial charge in [0.1, 0.15) is 0 Å². The fraction of sp³-hybridized carbons (Fsp3) is 0.333. The zero-order chi connectivity index (χ0) is 7.40. The monoisotopic (exact) mass is 215 g/mol. The molecule has 0 bridgehead atoms. The lowest BCUT2D eigenvalue weighted by molar-refractivity contribution is -0.00000237. The molecule has 1 aromatic rings. The first-order valence-corrected chi connectivity index (χ1v) is 3.58. The van der Waals surface area contributed by atoms with Gasteiger partial charge in [-0.05, 0) is 18.9 Å². The van der Waals surface area contributed by atoms with Gasteiger partial charge in [0.25, 0.3) is 0 Å². The van der Waals surface area contributed by atoms with Crippen LogP contribution in [0.3, 0.4) is 0 Å². The second kappa shape index (κ2) is 5.33. The van der Waals surface area contributed by atoms with Crippen molar-refractivity contribution in [1.82, 2.24) is 0 Å². The van der Waals surface area contributed by atoms with Crippen molar-refractivity contribution in [2.24, 2.45) is 5.73 Å². The van der Waals surface area contributed by atoms with Crippen LogP contribution >= 0.6 is 0 Å². The predicted octanol–water partition coefficient (Wildman–Crippen LogP) is -1.31. The van der Waals surface area contributed by atoms with Gasteiger partial charge in [-0.15, -0.1) is 0 Å². The van der Waals surface area contributed by atoms with Gasteiger partial charge < -0.3 is 22.7 Å². The van der Waals surface area contributed by atoms with E-state index in [-0.39, 0.29) is 24.4 Å². The minimum atomic E-state index is 0. The molecule has 0 aliphatic carbocycles. The van der Waals surface area contributed by atoms with Crippen molar-refractivity contribution in [2.75, 3.05) is 0 Å². The fourth-order valence-electron chi connectivity index (χ4n) is 0.986. The van der Waals surface area contributed by atoms with Crippen molar-refractivity contribution >= 4 is 0 Å². The third kappa shape index (κ3) is 4.17. The molecule has 0 heterocycles. The molecule has 0 radical (unpaired) electrons. The van der Waals surface area contributed by atoms with Crippen LogP contribution in [0.1, 0.15) is 13.9 Å². The van der Waals surface area contributed by atoms with E-state index in [9.17, 15) is 0 Å². The first-order chi connectivity index (χ1) is 4.79. The average Bonchev–Trinajstić information content (AvgIpc) is 1.88. The second-order valence-electron chi connectivity index (χ2n) is 2.67. The third-order valence-corrected chi connectivity index (χ3v) is 1.40. The number of rotatable bonds is 2. The standard InChI is InChI=1S/C9H13N.BrH/c1-8(10)7-9-5-3-2-4-6-9;/h2-6,8H,7,10H2,1H3;1H. The van der Waals surface area contributed by atoms with Crippen LogP contribution in [0.15, 0.2) is 30.3 Å². The summed E-state index contributed by atoms with van der Waals surface area (Å²) in [4.78, 5) is 0. The van der Waals surface area contributed by atoms with Gasteiger partial charge in [-0.25, -0.2) is 0 Å². The molecule has 11 heavy (non-hydrogen) atoms. The normalized spacial score (nSPS) is 11.8. The van der Waals surface area contributed by atoms with E-state index < -0.39 is 0 Å². The van der Waals surface area contributed by atoms with Gasteiger partial charge in [0.15, 0.2) is 0 Å². The van der Waals surface area contributed by atoms with Crippen LogP contribution in [0.2, 0.25) is 0 Å². The van der Waals surface area contributed by atoms with Gasteiger partial charge in [-0.1, -0.05) is 30.3 Å². The van der Waals surface area contributed by atoms with Crippen molar-refractivity contribution in [1.29, 1.82) is 0 Å². The third-order valence-electron chi connectivity index (χ3n) is 1.40. The molecular formula is C9H14BrN.